The van der Waals surface area contributed by atoms with Crippen LogP contribution in [0.5, 0.6) is 0 Å². The van der Waals surface area contributed by atoms with Crippen molar-refractivity contribution in [3.8, 4) is 0 Å². The maximum atomic E-state index is 10.2. The van der Waals surface area contributed by atoms with Crippen molar-refractivity contribution in [2.45, 2.75) is 6.42 Å². The van der Waals surface area contributed by atoms with Crippen molar-refractivity contribution in [2.75, 3.05) is 19.8 Å². The Morgan fingerprint density at radius 2 is 2.38 bits per heavy atom. The lowest BCUT2D eigenvalue weighted by molar-refractivity contribution is 0.328. The summed E-state index contributed by atoms with van der Waals surface area (Å²) in [5.74, 6) is 0. The van der Waals surface area contributed by atoms with E-state index in [0.717, 1.165) is 6.42 Å². The maximum absolute atomic E-state index is 10.2. The van der Waals surface area contributed by atoms with Crippen LogP contribution in [0.3, 0.4) is 0 Å². The van der Waals surface area contributed by atoms with E-state index in [1.165, 1.54) is 6.66 Å². The lowest BCUT2D eigenvalue weighted by atomic mass is 10.5. The lowest BCUT2D eigenvalue weighted by Crippen LogP contribution is -2.01. The van der Waals surface area contributed by atoms with Crippen LogP contribution >= 0.6 is 8.03 Å². The van der Waals surface area contributed by atoms with Crippen LogP contribution in [0.2, 0.25) is 0 Å². The smallest absolute Gasteiger partial charge is 0.330 e. The van der Waals surface area contributed by atoms with Crippen LogP contribution in [0.4, 0.5) is 0 Å². The second-order valence-corrected chi connectivity index (χ2v) is 2.55. The Hall–Kier alpha value is 0.0200. The molecule has 48 valence electrons. The molecule has 2 N–H and O–H groups in total. The van der Waals surface area contributed by atoms with Gasteiger partial charge in [-0.3, -0.25) is 0 Å². The van der Waals surface area contributed by atoms with Gasteiger partial charge in [0.2, 0.25) is 0 Å². The molecule has 0 saturated heterocycles. The van der Waals surface area contributed by atoms with Gasteiger partial charge in [-0.15, -0.1) is 4.52 Å². The second kappa shape index (κ2) is 5.16. The fourth-order valence-electron chi connectivity index (χ4n) is 0.276. The SMILES string of the molecule is C[P+](=O)OCCCN. The molecule has 0 spiro atoms. The summed E-state index contributed by atoms with van der Waals surface area (Å²) in [6, 6.07) is 0. The van der Waals surface area contributed by atoms with Gasteiger partial charge in [-0.05, 0) is 17.5 Å². The van der Waals surface area contributed by atoms with Crippen molar-refractivity contribution in [2.24, 2.45) is 5.73 Å². The van der Waals surface area contributed by atoms with Crippen LogP contribution in [0, 0.1) is 0 Å². The minimum Gasteiger partial charge on any atom is -0.330 e. The highest BCUT2D eigenvalue weighted by Gasteiger charge is 2.03. The molecular weight excluding hydrogens is 125 g/mol. The molecule has 0 aromatic rings. The Bertz CT molecular complexity index is 76.4. The van der Waals surface area contributed by atoms with Crippen LogP contribution in [-0.2, 0) is 9.09 Å². The summed E-state index contributed by atoms with van der Waals surface area (Å²) < 4.78 is 14.9. The van der Waals surface area contributed by atoms with Crippen molar-refractivity contribution in [3.05, 3.63) is 0 Å². The molecule has 0 bridgehead atoms. The zero-order valence-electron chi connectivity index (χ0n) is 4.96. The van der Waals surface area contributed by atoms with Gasteiger partial charge in [-0.25, -0.2) is 0 Å². The molecule has 8 heavy (non-hydrogen) atoms. The molecule has 0 saturated carbocycles. The van der Waals surface area contributed by atoms with E-state index in [2.05, 4.69) is 0 Å². The molecule has 1 atom stereocenters. The van der Waals surface area contributed by atoms with Crippen LogP contribution in [-0.4, -0.2) is 19.8 Å². The van der Waals surface area contributed by atoms with E-state index in [1.54, 1.807) is 0 Å². The lowest BCUT2D eigenvalue weighted by Gasteiger charge is -1.85. The van der Waals surface area contributed by atoms with Crippen molar-refractivity contribution in [1.82, 2.24) is 0 Å². The first-order chi connectivity index (χ1) is 3.77. The molecule has 0 fully saturated rings. The normalized spacial score (nSPS) is 11.5. The second-order valence-electron chi connectivity index (χ2n) is 1.42. The summed E-state index contributed by atoms with van der Waals surface area (Å²) >= 11 is 0. The Kier molecular flexibility index (Phi) is 5.18. The minimum absolute atomic E-state index is 0.516. The van der Waals surface area contributed by atoms with Crippen molar-refractivity contribution < 1.29 is 9.09 Å². The summed E-state index contributed by atoms with van der Waals surface area (Å²) in [7, 11) is -1.42. The number of rotatable bonds is 4. The Balaban J connectivity index is 2.82. The molecule has 0 aromatic carbocycles. The monoisotopic (exact) mass is 136 g/mol. The van der Waals surface area contributed by atoms with Gasteiger partial charge >= 0.3 is 8.03 Å². The molecule has 0 radical (unpaired) electrons. The molecule has 3 nitrogen and oxygen atoms in total. The molecule has 1 unspecified atom stereocenters. The molecular formula is C4H11NO2P+. The molecule has 4 heteroatoms. The summed E-state index contributed by atoms with van der Waals surface area (Å²) in [4.78, 5) is 0. The highest BCUT2D eigenvalue weighted by molar-refractivity contribution is 7.38. The van der Waals surface area contributed by atoms with Gasteiger partial charge in [-0.1, -0.05) is 0 Å². The standard InChI is InChI=1S/C4H11NO2P/c1-8(6)7-4-2-3-5/h2-5H2,1H3/q+1. The number of nitrogens with two attached hydrogens (primary N) is 1. The van der Waals surface area contributed by atoms with Crippen molar-refractivity contribution in [1.29, 1.82) is 0 Å². The van der Waals surface area contributed by atoms with Crippen LogP contribution < -0.4 is 5.73 Å². The van der Waals surface area contributed by atoms with Crippen molar-refractivity contribution >= 4 is 8.03 Å². The number of hydrogen-bond donors (Lipinski definition) is 1. The third kappa shape index (κ3) is 6.02. The maximum Gasteiger partial charge on any atom is 0.504 e. The predicted octanol–water partition coefficient (Wildman–Crippen LogP) is 0.724. The number of hydrogen-bond acceptors (Lipinski definition) is 3. The van der Waals surface area contributed by atoms with E-state index in [9.17, 15) is 4.57 Å². The molecule has 0 aliphatic rings. The van der Waals surface area contributed by atoms with Gasteiger partial charge in [0.05, 0.1) is 0 Å². The Morgan fingerprint density at radius 3 is 2.75 bits per heavy atom. The van der Waals surface area contributed by atoms with Gasteiger partial charge in [0, 0.05) is 0 Å². The van der Waals surface area contributed by atoms with Gasteiger partial charge in [-0.2, -0.15) is 0 Å². The quantitative estimate of drug-likeness (QED) is 0.457. The fourth-order valence-corrected chi connectivity index (χ4v) is 0.663. The van der Waals surface area contributed by atoms with E-state index in [4.69, 9.17) is 10.3 Å². The highest BCUT2D eigenvalue weighted by atomic mass is 31.1. The average Bonchev–Trinajstić information content (AvgIpc) is 1.66. The molecule has 0 rings (SSSR count). The zero-order chi connectivity index (χ0) is 6.41. The summed E-state index contributed by atoms with van der Waals surface area (Å²) in [6.07, 6.45) is 0.787. The predicted molar refractivity (Wildman–Crippen MR) is 33.2 cm³/mol. The van der Waals surface area contributed by atoms with Crippen molar-refractivity contribution in [3.63, 3.8) is 0 Å². The molecule has 0 aromatic heterocycles. The molecule has 0 heterocycles. The largest absolute Gasteiger partial charge is 0.504 e. The average molecular weight is 136 g/mol. The van der Waals surface area contributed by atoms with E-state index < -0.39 is 8.03 Å². The van der Waals surface area contributed by atoms with Gasteiger partial charge in [0.15, 0.2) is 6.66 Å². The van der Waals surface area contributed by atoms with Crippen LogP contribution in [0.1, 0.15) is 6.42 Å². The first-order valence-electron chi connectivity index (χ1n) is 2.51. The summed E-state index contributed by atoms with van der Waals surface area (Å²) in [5, 5.41) is 0. The third-order valence-corrected chi connectivity index (χ3v) is 1.17. The first kappa shape index (κ1) is 8.02. The van der Waals surface area contributed by atoms with Gasteiger partial charge in [0.1, 0.15) is 6.61 Å². The third-order valence-electron chi connectivity index (χ3n) is 0.622. The van der Waals surface area contributed by atoms with E-state index in [0.29, 0.717) is 13.2 Å². The van der Waals surface area contributed by atoms with Crippen LogP contribution in [0.15, 0.2) is 0 Å². The zero-order valence-corrected chi connectivity index (χ0v) is 5.86. The fraction of sp³-hybridized carbons (Fsp3) is 1.00. The topological polar surface area (TPSA) is 52.3 Å². The molecule has 0 aliphatic carbocycles. The Labute approximate surface area is 50.1 Å². The van der Waals surface area contributed by atoms with E-state index in [1.807, 2.05) is 0 Å². The van der Waals surface area contributed by atoms with E-state index in [-0.39, 0.29) is 0 Å². The molecule has 0 amide bonds. The Morgan fingerprint density at radius 1 is 1.75 bits per heavy atom. The summed E-state index contributed by atoms with van der Waals surface area (Å²) in [6.45, 7) is 2.65. The molecule has 0 aliphatic heterocycles. The minimum atomic E-state index is -1.42. The van der Waals surface area contributed by atoms with Gasteiger partial charge < -0.3 is 5.73 Å². The first-order valence-corrected chi connectivity index (χ1v) is 4.13. The summed E-state index contributed by atoms with van der Waals surface area (Å²) in [5.41, 5.74) is 5.14. The van der Waals surface area contributed by atoms with Gasteiger partial charge in [0.25, 0.3) is 0 Å². The van der Waals surface area contributed by atoms with Crippen LogP contribution in [0.25, 0.3) is 0 Å². The van der Waals surface area contributed by atoms with E-state index >= 15 is 0 Å². The highest BCUT2D eigenvalue weighted by Crippen LogP contribution is 2.14.